The van der Waals surface area contributed by atoms with Crippen molar-refractivity contribution in [3.8, 4) is 22.6 Å². The second-order valence-corrected chi connectivity index (χ2v) is 7.92. The van der Waals surface area contributed by atoms with Crippen LogP contribution in [0.15, 0.2) is 42.5 Å². The number of nitrogens with zero attached hydrogens (tertiary/aromatic N) is 2. The third-order valence-electron chi connectivity index (χ3n) is 5.66. The van der Waals surface area contributed by atoms with Crippen LogP contribution in [0.4, 0.5) is 24.7 Å². The first-order valence-electron chi connectivity index (χ1n) is 10.8. The molecule has 0 aliphatic carbocycles. The van der Waals surface area contributed by atoms with E-state index in [1.54, 1.807) is 18.2 Å². The molecule has 1 unspecified atom stereocenters. The van der Waals surface area contributed by atoms with Crippen molar-refractivity contribution < 1.29 is 37.0 Å². The number of aromatic nitrogens is 2. The fourth-order valence-corrected chi connectivity index (χ4v) is 4.07. The number of methoxy groups -OCH3 is 3. The number of benzene rings is 2. The van der Waals surface area contributed by atoms with Gasteiger partial charge in [-0.2, -0.15) is 18.3 Å². The monoisotopic (exact) mass is 504 g/mol. The van der Waals surface area contributed by atoms with E-state index in [0.29, 0.717) is 34.1 Å². The van der Waals surface area contributed by atoms with Crippen LogP contribution in [0.1, 0.15) is 23.7 Å². The van der Waals surface area contributed by atoms with Gasteiger partial charge in [0.2, 0.25) is 5.91 Å². The normalized spacial score (nSPS) is 14.8. The summed E-state index contributed by atoms with van der Waals surface area (Å²) in [4.78, 5) is 25.5. The van der Waals surface area contributed by atoms with Crippen LogP contribution in [0.3, 0.4) is 0 Å². The Hall–Kier alpha value is -4.06. The number of hydrogen-bond donors (Lipinski definition) is 2. The summed E-state index contributed by atoms with van der Waals surface area (Å²) in [5.74, 6) is 0.0318. The zero-order chi connectivity index (χ0) is 26.0. The number of amides is 2. The molecule has 0 bridgehead atoms. The van der Waals surface area contributed by atoms with Crippen molar-refractivity contribution in [1.82, 2.24) is 9.78 Å². The molecule has 0 saturated carbocycles. The van der Waals surface area contributed by atoms with Crippen LogP contribution < -0.4 is 20.1 Å². The molecule has 1 aromatic heterocycles. The molecular formula is C24H23F3N4O5. The second kappa shape index (κ2) is 9.90. The molecule has 1 atom stereocenters. The fraction of sp³-hybridized carbons (Fsp3) is 0.292. The van der Waals surface area contributed by atoms with Gasteiger partial charge in [0, 0.05) is 7.11 Å². The predicted octanol–water partition coefficient (Wildman–Crippen LogP) is 4.25. The molecule has 4 rings (SSSR count). The van der Waals surface area contributed by atoms with E-state index in [1.807, 2.05) is 0 Å². The number of alkyl halides is 3. The number of hydrogen-bond acceptors (Lipinski definition) is 6. The molecule has 36 heavy (non-hydrogen) atoms. The van der Waals surface area contributed by atoms with Gasteiger partial charge >= 0.3 is 6.18 Å². The van der Waals surface area contributed by atoms with Gasteiger partial charge in [0.05, 0.1) is 49.8 Å². The summed E-state index contributed by atoms with van der Waals surface area (Å²) in [7, 11) is 4.49. The largest absolute Gasteiger partial charge is 0.493 e. The Morgan fingerprint density at radius 3 is 2.50 bits per heavy atom. The number of nitrogens with one attached hydrogen (secondary N) is 2. The third-order valence-corrected chi connectivity index (χ3v) is 5.66. The highest BCUT2D eigenvalue weighted by atomic mass is 19.4. The molecule has 1 aliphatic heterocycles. The molecule has 2 aromatic carbocycles. The first-order chi connectivity index (χ1) is 17.2. The average Bonchev–Trinajstić information content (AvgIpc) is 3.33. The van der Waals surface area contributed by atoms with Gasteiger partial charge in [-0.1, -0.05) is 18.2 Å². The maximum atomic E-state index is 13.3. The van der Waals surface area contributed by atoms with Crippen LogP contribution in [0.2, 0.25) is 0 Å². The molecule has 0 radical (unpaired) electrons. The molecule has 0 spiro atoms. The SMILES string of the molecule is COCc1nn2c(c1-c1ccc(OC)c(OC)c1)NC(=O)C2CC(=O)Nc1ccccc1C(F)(F)F. The van der Waals surface area contributed by atoms with Gasteiger partial charge in [0.1, 0.15) is 11.9 Å². The molecule has 9 nitrogen and oxygen atoms in total. The van der Waals surface area contributed by atoms with Crippen molar-refractivity contribution in [3.63, 3.8) is 0 Å². The van der Waals surface area contributed by atoms with E-state index in [4.69, 9.17) is 14.2 Å². The van der Waals surface area contributed by atoms with E-state index in [9.17, 15) is 22.8 Å². The van der Waals surface area contributed by atoms with Crippen molar-refractivity contribution in [2.24, 2.45) is 0 Å². The molecule has 3 aromatic rings. The smallest absolute Gasteiger partial charge is 0.418 e. The Balaban J connectivity index is 1.65. The molecular weight excluding hydrogens is 481 g/mol. The summed E-state index contributed by atoms with van der Waals surface area (Å²) >= 11 is 0. The lowest BCUT2D eigenvalue weighted by Gasteiger charge is -2.14. The lowest BCUT2D eigenvalue weighted by molar-refractivity contribution is -0.137. The zero-order valence-corrected chi connectivity index (χ0v) is 19.6. The van der Waals surface area contributed by atoms with E-state index >= 15 is 0 Å². The van der Waals surface area contributed by atoms with Gasteiger partial charge < -0.3 is 24.8 Å². The standard InChI is InChI=1S/C24H23F3N4O5/c1-34-12-16-21(13-8-9-18(35-2)19(10-13)36-3)22-29-23(33)17(31(22)30-16)11-20(32)28-15-7-5-4-6-14(15)24(25,26)27/h4-10,17H,11-12H2,1-3H3,(H,28,32)(H,29,33). The molecule has 12 heteroatoms. The van der Waals surface area contributed by atoms with E-state index in [2.05, 4.69) is 15.7 Å². The van der Waals surface area contributed by atoms with Crippen LogP contribution >= 0.6 is 0 Å². The van der Waals surface area contributed by atoms with Crippen molar-refractivity contribution in [1.29, 1.82) is 0 Å². The van der Waals surface area contributed by atoms with E-state index in [0.717, 1.165) is 12.1 Å². The third kappa shape index (κ3) is 4.71. The van der Waals surface area contributed by atoms with Crippen molar-refractivity contribution in [3.05, 3.63) is 53.7 Å². The summed E-state index contributed by atoms with van der Waals surface area (Å²) in [5.41, 5.74) is 0.349. The van der Waals surface area contributed by atoms with Crippen LogP contribution in [-0.2, 0) is 27.1 Å². The van der Waals surface area contributed by atoms with Crippen LogP contribution in [0, 0.1) is 0 Å². The number of fused-ring (bicyclic) bond motifs is 1. The summed E-state index contributed by atoms with van der Waals surface area (Å²) in [5, 5.41) is 9.48. The Labute approximate surface area is 204 Å². The topological polar surface area (TPSA) is 104 Å². The summed E-state index contributed by atoms with van der Waals surface area (Å²) in [6.45, 7) is 0.109. The second-order valence-electron chi connectivity index (χ2n) is 7.92. The van der Waals surface area contributed by atoms with Crippen LogP contribution in [0.5, 0.6) is 11.5 Å². The number of para-hydroxylation sites is 1. The van der Waals surface area contributed by atoms with Gasteiger partial charge in [-0.05, 0) is 29.8 Å². The number of halogens is 3. The molecule has 1 aliphatic rings. The van der Waals surface area contributed by atoms with Gasteiger partial charge in [0.25, 0.3) is 5.91 Å². The van der Waals surface area contributed by atoms with Crippen molar-refractivity contribution in [2.75, 3.05) is 32.0 Å². The molecule has 190 valence electrons. The Kier molecular flexibility index (Phi) is 6.88. The minimum atomic E-state index is -4.65. The highest BCUT2D eigenvalue weighted by Gasteiger charge is 2.38. The Morgan fingerprint density at radius 1 is 1.11 bits per heavy atom. The summed E-state index contributed by atoms with van der Waals surface area (Å²) < 4.78 is 57.1. The molecule has 2 amide bonds. The quantitative estimate of drug-likeness (QED) is 0.475. The lowest BCUT2D eigenvalue weighted by Crippen LogP contribution is -2.24. The fourth-order valence-electron chi connectivity index (χ4n) is 4.07. The number of ether oxygens (including phenoxy) is 3. The lowest BCUT2D eigenvalue weighted by atomic mass is 10.0. The van der Waals surface area contributed by atoms with Gasteiger partial charge in [-0.3, -0.25) is 9.59 Å². The summed E-state index contributed by atoms with van der Waals surface area (Å²) in [6, 6.07) is 8.75. The number of carbonyl (C=O) groups is 2. The van der Waals surface area contributed by atoms with Gasteiger partial charge in [-0.15, -0.1) is 0 Å². The molecule has 0 saturated heterocycles. The molecule has 2 heterocycles. The highest BCUT2D eigenvalue weighted by Crippen LogP contribution is 2.42. The minimum absolute atomic E-state index is 0.109. The van der Waals surface area contributed by atoms with E-state index < -0.39 is 36.0 Å². The Bertz CT molecular complexity index is 1310. The maximum Gasteiger partial charge on any atom is 0.418 e. The van der Waals surface area contributed by atoms with E-state index in [1.165, 1.54) is 38.1 Å². The van der Waals surface area contributed by atoms with E-state index in [-0.39, 0.29) is 12.3 Å². The number of anilines is 2. The average molecular weight is 504 g/mol. The van der Waals surface area contributed by atoms with Gasteiger partial charge in [-0.25, -0.2) is 4.68 Å². The first kappa shape index (κ1) is 25.0. The van der Waals surface area contributed by atoms with Crippen molar-refractivity contribution >= 4 is 23.3 Å². The molecule has 2 N–H and O–H groups in total. The summed E-state index contributed by atoms with van der Waals surface area (Å²) in [6.07, 6.45) is -5.07. The number of rotatable bonds is 8. The van der Waals surface area contributed by atoms with Crippen LogP contribution in [-0.4, -0.2) is 42.9 Å². The highest BCUT2D eigenvalue weighted by molar-refractivity contribution is 6.04. The first-order valence-corrected chi connectivity index (χ1v) is 10.8. The number of carbonyl (C=O) groups excluding carboxylic acids is 2. The van der Waals surface area contributed by atoms with Crippen molar-refractivity contribution in [2.45, 2.75) is 25.2 Å². The molecule has 0 fully saturated rings. The van der Waals surface area contributed by atoms with Crippen LogP contribution in [0.25, 0.3) is 11.1 Å². The van der Waals surface area contributed by atoms with Gasteiger partial charge in [0.15, 0.2) is 11.5 Å². The minimum Gasteiger partial charge on any atom is -0.493 e. The zero-order valence-electron chi connectivity index (χ0n) is 19.6. The predicted molar refractivity (Wildman–Crippen MR) is 124 cm³/mol. The maximum absolute atomic E-state index is 13.3. The Morgan fingerprint density at radius 2 is 1.83 bits per heavy atom.